The summed E-state index contributed by atoms with van der Waals surface area (Å²) >= 11 is 0. The van der Waals surface area contributed by atoms with Crippen LogP contribution in [0.5, 0.6) is 0 Å². The van der Waals surface area contributed by atoms with Crippen LogP contribution in [0, 0.1) is 11.6 Å². The van der Waals surface area contributed by atoms with E-state index in [2.05, 4.69) is 24.3 Å². The van der Waals surface area contributed by atoms with Crippen LogP contribution in [0.2, 0.25) is 0 Å². The van der Waals surface area contributed by atoms with Crippen molar-refractivity contribution < 1.29 is 8.78 Å². The van der Waals surface area contributed by atoms with Crippen molar-refractivity contribution in [2.45, 2.75) is 0 Å². The molecule has 0 aliphatic heterocycles. The van der Waals surface area contributed by atoms with Crippen LogP contribution in [-0.2, 0) is 0 Å². The van der Waals surface area contributed by atoms with Crippen molar-refractivity contribution in [2.24, 2.45) is 0 Å². The molecule has 0 heterocycles. The Morgan fingerprint density at radius 1 is 0.500 bits per heavy atom. The van der Waals surface area contributed by atoms with Gasteiger partial charge in [-0.1, -0.05) is 115 Å². The van der Waals surface area contributed by atoms with E-state index in [1.165, 1.54) is 6.07 Å². The van der Waals surface area contributed by atoms with Crippen LogP contribution in [0.3, 0.4) is 0 Å². The second-order valence-corrected chi connectivity index (χ2v) is 9.31. The van der Waals surface area contributed by atoms with Crippen molar-refractivity contribution in [2.75, 3.05) is 11.9 Å². The van der Waals surface area contributed by atoms with E-state index in [9.17, 15) is 4.39 Å². The van der Waals surface area contributed by atoms with Crippen molar-refractivity contribution in [3.63, 3.8) is 0 Å². The van der Waals surface area contributed by atoms with E-state index in [0.29, 0.717) is 22.5 Å². The zero-order valence-corrected chi connectivity index (χ0v) is 20.9. The Balaban J connectivity index is 1.53. The van der Waals surface area contributed by atoms with Crippen LogP contribution >= 0.6 is 0 Å². The molecule has 0 radical (unpaired) electrons. The normalized spacial score (nSPS) is 11.0. The summed E-state index contributed by atoms with van der Waals surface area (Å²) in [6.07, 6.45) is 0. The van der Waals surface area contributed by atoms with Crippen molar-refractivity contribution >= 4 is 22.1 Å². The molecular weight excluding hydrogens is 472 g/mol. The predicted molar refractivity (Wildman–Crippen MR) is 155 cm³/mol. The van der Waals surface area contributed by atoms with Gasteiger partial charge in [0.05, 0.1) is 11.4 Å². The van der Waals surface area contributed by atoms with Gasteiger partial charge in [-0.2, -0.15) is 0 Å². The van der Waals surface area contributed by atoms with E-state index in [4.69, 9.17) is 0 Å². The van der Waals surface area contributed by atoms with Gasteiger partial charge in [-0.05, 0) is 51.2 Å². The molecule has 0 saturated carbocycles. The number of hydrogen-bond acceptors (Lipinski definition) is 1. The van der Waals surface area contributed by atoms with Gasteiger partial charge in [-0.15, -0.1) is 0 Å². The number of nitrogens with zero attached hydrogens (tertiary/aromatic N) is 1. The van der Waals surface area contributed by atoms with Gasteiger partial charge in [0.1, 0.15) is 5.82 Å². The Bertz CT molecular complexity index is 1750. The number of benzene rings is 6. The first-order valence-corrected chi connectivity index (χ1v) is 12.6. The summed E-state index contributed by atoms with van der Waals surface area (Å²) in [5.41, 5.74) is 5.52. The molecule has 0 aliphatic rings. The zero-order valence-electron chi connectivity index (χ0n) is 20.9. The summed E-state index contributed by atoms with van der Waals surface area (Å²) in [6, 6.07) is 42.3. The molecule has 0 amide bonds. The van der Waals surface area contributed by atoms with Crippen LogP contribution < -0.4 is 4.90 Å². The Hall–Kier alpha value is -4.76. The average molecular weight is 498 g/mol. The minimum atomic E-state index is -0.406. The maximum absolute atomic E-state index is 16.6. The summed E-state index contributed by atoms with van der Waals surface area (Å²) in [5, 5.41) is 2.30. The molecule has 0 fully saturated rings. The Kier molecular flexibility index (Phi) is 6.19. The van der Waals surface area contributed by atoms with Crippen LogP contribution in [0.1, 0.15) is 0 Å². The third-order valence-electron chi connectivity index (χ3n) is 7.02. The molecular formula is C35H25F2N. The minimum absolute atomic E-state index is 0.310. The summed E-state index contributed by atoms with van der Waals surface area (Å²) in [6.45, 7) is 0. The highest BCUT2D eigenvalue weighted by molar-refractivity contribution is 5.97. The fourth-order valence-corrected chi connectivity index (χ4v) is 5.14. The third kappa shape index (κ3) is 4.22. The molecule has 0 bridgehead atoms. The van der Waals surface area contributed by atoms with Crippen molar-refractivity contribution in [1.82, 2.24) is 0 Å². The topological polar surface area (TPSA) is 3.24 Å². The largest absolute Gasteiger partial charge is 0.339 e. The molecule has 3 heteroatoms. The Labute approximate surface area is 221 Å². The van der Waals surface area contributed by atoms with Crippen molar-refractivity contribution in [3.8, 4) is 33.4 Å². The molecule has 0 aliphatic carbocycles. The van der Waals surface area contributed by atoms with Crippen molar-refractivity contribution in [1.29, 1.82) is 0 Å². The average Bonchev–Trinajstić information content (AvgIpc) is 2.97. The summed E-state index contributed by atoms with van der Waals surface area (Å²) in [5.74, 6) is -0.802. The number of fused-ring (bicyclic) bond motifs is 1. The van der Waals surface area contributed by atoms with Gasteiger partial charge in [0.2, 0.25) is 0 Å². The fraction of sp³-hybridized carbons (Fsp3) is 0.0286. The van der Waals surface area contributed by atoms with Gasteiger partial charge in [-0.3, -0.25) is 0 Å². The van der Waals surface area contributed by atoms with E-state index in [1.54, 1.807) is 30.1 Å². The molecule has 0 atom stereocenters. The van der Waals surface area contributed by atoms with Crippen molar-refractivity contribution in [3.05, 3.63) is 145 Å². The molecule has 0 saturated heterocycles. The van der Waals surface area contributed by atoms with Crippen LogP contribution in [0.25, 0.3) is 44.2 Å². The van der Waals surface area contributed by atoms with Gasteiger partial charge in [0.25, 0.3) is 0 Å². The standard InChI is InChI=1S/C35H25F2N/c1-38(33-20-8-7-19-32(33)36)35-31(25-11-3-2-4-12-25)22-21-30(34(35)37)27-16-9-15-26(23-27)29-18-10-14-24-13-5-6-17-28(24)29/h2-23H,1H3. The first kappa shape index (κ1) is 23.6. The molecule has 38 heavy (non-hydrogen) atoms. The third-order valence-corrected chi connectivity index (χ3v) is 7.02. The van der Waals surface area contributed by atoms with Gasteiger partial charge >= 0.3 is 0 Å². The number of halogens is 2. The lowest BCUT2D eigenvalue weighted by molar-refractivity contribution is 0.619. The second-order valence-electron chi connectivity index (χ2n) is 9.31. The van der Waals surface area contributed by atoms with Gasteiger partial charge < -0.3 is 4.90 Å². The molecule has 0 unspecified atom stereocenters. The van der Waals surface area contributed by atoms with E-state index in [0.717, 1.165) is 33.0 Å². The van der Waals surface area contributed by atoms with E-state index in [-0.39, 0.29) is 0 Å². The SMILES string of the molecule is CN(c1ccccc1F)c1c(-c2ccccc2)ccc(-c2cccc(-c3cccc4ccccc34)c2)c1F. The second kappa shape index (κ2) is 9.95. The first-order valence-electron chi connectivity index (χ1n) is 12.6. The number of rotatable bonds is 5. The molecule has 6 aromatic rings. The molecule has 0 spiro atoms. The summed E-state index contributed by atoms with van der Waals surface area (Å²) in [4.78, 5) is 1.60. The maximum atomic E-state index is 16.6. The van der Waals surface area contributed by atoms with E-state index >= 15 is 4.39 Å². The maximum Gasteiger partial charge on any atom is 0.155 e. The number of anilines is 2. The summed E-state index contributed by atoms with van der Waals surface area (Å²) in [7, 11) is 1.71. The Morgan fingerprint density at radius 2 is 1.11 bits per heavy atom. The first-order chi connectivity index (χ1) is 18.6. The lowest BCUT2D eigenvalue weighted by atomic mass is 9.93. The molecule has 0 N–H and O–H groups in total. The predicted octanol–water partition coefficient (Wildman–Crippen LogP) is 9.89. The molecule has 6 aromatic carbocycles. The van der Waals surface area contributed by atoms with E-state index < -0.39 is 11.6 Å². The van der Waals surface area contributed by atoms with Gasteiger partial charge in [0, 0.05) is 18.2 Å². The van der Waals surface area contributed by atoms with Crippen LogP contribution in [0.4, 0.5) is 20.2 Å². The number of hydrogen-bond donors (Lipinski definition) is 0. The van der Waals surface area contributed by atoms with Gasteiger partial charge in [0.15, 0.2) is 5.82 Å². The molecule has 6 rings (SSSR count). The molecule has 184 valence electrons. The highest BCUT2D eigenvalue weighted by Crippen LogP contribution is 2.42. The van der Waals surface area contributed by atoms with Gasteiger partial charge in [-0.25, -0.2) is 8.78 Å². The smallest absolute Gasteiger partial charge is 0.155 e. The molecule has 1 nitrogen and oxygen atoms in total. The zero-order chi connectivity index (χ0) is 26.1. The lowest BCUT2D eigenvalue weighted by Gasteiger charge is -2.25. The lowest BCUT2D eigenvalue weighted by Crippen LogP contribution is -2.14. The highest BCUT2D eigenvalue weighted by Gasteiger charge is 2.22. The fourth-order valence-electron chi connectivity index (χ4n) is 5.14. The number of para-hydroxylation sites is 1. The quantitative estimate of drug-likeness (QED) is 0.229. The summed E-state index contributed by atoms with van der Waals surface area (Å²) < 4.78 is 31.4. The molecule has 0 aromatic heterocycles. The van der Waals surface area contributed by atoms with Crippen LogP contribution in [0.15, 0.2) is 133 Å². The van der Waals surface area contributed by atoms with E-state index in [1.807, 2.05) is 84.9 Å². The monoisotopic (exact) mass is 497 g/mol. The highest BCUT2D eigenvalue weighted by atomic mass is 19.1. The Morgan fingerprint density at radius 3 is 1.92 bits per heavy atom. The van der Waals surface area contributed by atoms with Crippen LogP contribution in [-0.4, -0.2) is 7.05 Å². The minimum Gasteiger partial charge on any atom is -0.339 e.